The number of hydrogen-bond donors (Lipinski definition) is 1. The van der Waals surface area contributed by atoms with Gasteiger partial charge in [0, 0.05) is 40.3 Å². The van der Waals surface area contributed by atoms with E-state index in [-0.39, 0.29) is 17.6 Å². The smallest absolute Gasteiger partial charge is 0.232 e. The number of aromatic nitrogens is 4. The summed E-state index contributed by atoms with van der Waals surface area (Å²) in [4.78, 5) is 34.8. The van der Waals surface area contributed by atoms with Crippen molar-refractivity contribution in [1.29, 1.82) is 0 Å². The summed E-state index contributed by atoms with van der Waals surface area (Å²) in [6.45, 7) is 7.52. The Morgan fingerprint density at radius 1 is 1.00 bits per heavy atom. The fraction of sp³-hybridized carbons (Fsp3) is 0.259. The number of ketones is 1. The van der Waals surface area contributed by atoms with Gasteiger partial charge in [0.05, 0.1) is 11.1 Å². The minimum atomic E-state index is -0.888. The Morgan fingerprint density at radius 2 is 1.69 bits per heavy atom. The molecule has 4 heterocycles. The molecular formula is C27H25N5O3S. The first-order chi connectivity index (χ1) is 17.3. The average molecular weight is 500 g/mol. The van der Waals surface area contributed by atoms with Crippen LogP contribution in [0.1, 0.15) is 60.3 Å². The molecular weight excluding hydrogens is 474 g/mol. The van der Waals surface area contributed by atoms with Gasteiger partial charge in [-0.2, -0.15) is 0 Å². The third kappa shape index (κ3) is 4.26. The molecule has 1 aliphatic heterocycles. The van der Waals surface area contributed by atoms with Gasteiger partial charge in [0.1, 0.15) is 5.51 Å². The van der Waals surface area contributed by atoms with E-state index in [4.69, 9.17) is 9.72 Å². The van der Waals surface area contributed by atoms with Crippen LogP contribution in [0.5, 0.6) is 11.8 Å². The quantitative estimate of drug-likeness (QED) is 0.334. The summed E-state index contributed by atoms with van der Waals surface area (Å²) >= 11 is 1.27. The second-order valence-electron chi connectivity index (χ2n) is 9.25. The van der Waals surface area contributed by atoms with Crippen molar-refractivity contribution < 1.29 is 14.3 Å². The first-order valence-corrected chi connectivity index (χ1v) is 12.5. The minimum absolute atomic E-state index is 0.0956. The Balaban J connectivity index is 1.56. The van der Waals surface area contributed by atoms with Crippen molar-refractivity contribution >= 4 is 28.2 Å². The molecule has 36 heavy (non-hydrogen) atoms. The second kappa shape index (κ2) is 9.23. The van der Waals surface area contributed by atoms with Crippen molar-refractivity contribution in [3.8, 4) is 23.0 Å². The van der Waals surface area contributed by atoms with Gasteiger partial charge in [-0.15, -0.1) is 10.2 Å². The van der Waals surface area contributed by atoms with Crippen molar-refractivity contribution in [3.63, 3.8) is 0 Å². The molecule has 3 aromatic heterocycles. The molecule has 0 spiro atoms. The van der Waals surface area contributed by atoms with Gasteiger partial charge in [-0.05, 0) is 19.1 Å². The lowest BCUT2D eigenvalue weighted by Crippen LogP contribution is -2.38. The molecule has 182 valence electrons. The molecule has 4 aromatic rings. The maximum atomic E-state index is 13.4. The number of benzene rings is 1. The average Bonchev–Trinajstić information content (AvgIpc) is 3.39. The van der Waals surface area contributed by atoms with Gasteiger partial charge < -0.3 is 10.1 Å². The van der Waals surface area contributed by atoms with Crippen molar-refractivity contribution in [2.75, 3.05) is 5.32 Å². The summed E-state index contributed by atoms with van der Waals surface area (Å²) in [6.07, 6.45) is 0.458. The lowest BCUT2D eigenvalue weighted by Gasteiger charge is -2.37. The van der Waals surface area contributed by atoms with Crippen molar-refractivity contribution in [2.45, 2.75) is 40.0 Å². The highest BCUT2D eigenvalue weighted by Gasteiger charge is 2.45. The second-order valence-corrected chi connectivity index (χ2v) is 10.1. The van der Waals surface area contributed by atoms with Crippen molar-refractivity contribution in [3.05, 3.63) is 76.4 Å². The fourth-order valence-electron chi connectivity index (χ4n) is 4.44. The highest BCUT2D eigenvalue weighted by molar-refractivity contribution is 7.13. The maximum Gasteiger partial charge on any atom is 0.232 e. The number of amides is 1. The number of ether oxygens (including phenoxy) is 1. The molecule has 0 radical (unpaired) electrons. The number of nitrogens with one attached hydrogen (secondary N) is 1. The highest BCUT2D eigenvalue weighted by atomic mass is 32.1. The minimum Gasteiger partial charge on any atom is -0.420 e. The monoisotopic (exact) mass is 499 g/mol. The zero-order chi connectivity index (χ0) is 25.4. The molecule has 0 unspecified atom stereocenters. The van der Waals surface area contributed by atoms with E-state index < -0.39 is 5.41 Å². The van der Waals surface area contributed by atoms with E-state index in [2.05, 4.69) is 20.5 Å². The summed E-state index contributed by atoms with van der Waals surface area (Å²) in [5.41, 5.74) is 5.35. The number of fused-ring (bicyclic) bond motifs is 2. The van der Waals surface area contributed by atoms with Crippen LogP contribution in [0, 0.1) is 12.3 Å². The SMILES string of the molecule is CCC(=O)c1ccc(-c2ccc3c(n2)Oc2nc(C)ccc2[C@@H]3C(C)(C)C(=O)Nc2nncs2)cc1. The predicted octanol–water partition coefficient (Wildman–Crippen LogP) is 5.80. The van der Waals surface area contributed by atoms with Gasteiger partial charge in [0.2, 0.25) is 22.8 Å². The normalized spacial score (nSPS) is 14.4. The van der Waals surface area contributed by atoms with Crippen LogP contribution in [0.25, 0.3) is 11.3 Å². The lowest BCUT2D eigenvalue weighted by molar-refractivity contribution is -0.124. The molecule has 0 aliphatic carbocycles. The Morgan fingerprint density at radius 3 is 2.36 bits per heavy atom. The molecule has 8 nitrogen and oxygen atoms in total. The molecule has 0 bridgehead atoms. The van der Waals surface area contributed by atoms with E-state index in [9.17, 15) is 9.59 Å². The molecule has 1 atom stereocenters. The number of rotatable bonds is 6. The number of Topliss-reactive ketones (excluding diaryl/α,β-unsaturated/α-hetero) is 1. The van der Waals surface area contributed by atoms with E-state index in [0.29, 0.717) is 34.6 Å². The maximum absolute atomic E-state index is 13.4. The molecule has 0 saturated carbocycles. The van der Waals surface area contributed by atoms with E-state index in [1.165, 1.54) is 11.3 Å². The van der Waals surface area contributed by atoms with Crippen molar-refractivity contribution in [2.24, 2.45) is 5.41 Å². The van der Waals surface area contributed by atoms with Gasteiger partial charge in [0.15, 0.2) is 5.78 Å². The largest absolute Gasteiger partial charge is 0.420 e. The van der Waals surface area contributed by atoms with Gasteiger partial charge in [0.25, 0.3) is 0 Å². The molecule has 9 heteroatoms. The number of pyridine rings is 2. The molecule has 1 amide bonds. The van der Waals surface area contributed by atoms with E-state index in [0.717, 1.165) is 22.4 Å². The number of anilines is 1. The molecule has 0 saturated heterocycles. The Hall–Kier alpha value is -3.98. The highest BCUT2D eigenvalue weighted by Crippen LogP contribution is 2.51. The summed E-state index contributed by atoms with van der Waals surface area (Å²) in [5.74, 6) is 0.400. The molecule has 1 aliphatic rings. The number of aryl methyl sites for hydroxylation is 1. The van der Waals surface area contributed by atoms with E-state index in [1.54, 1.807) is 5.51 Å². The summed E-state index contributed by atoms with van der Waals surface area (Å²) in [6, 6.07) is 15.1. The fourth-order valence-corrected chi connectivity index (χ4v) is 4.88. The first-order valence-electron chi connectivity index (χ1n) is 11.7. The zero-order valence-electron chi connectivity index (χ0n) is 20.4. The third-order valence-corrected chi connectivity index (χ3v) is 7.05. The van der Waals surface area contributed by atoms with Gasteiger partial charge in [-0.1, -0.05) is 68.5 Å². The first kappa shape index (κ1) is 23.7. The van der Waals surface area contributed by atoms with Crippen molar-refractivity contribution in [1.82, 2.24) is 20.2 Å². The van der Waals surface area contributed by atoms with Crippen LogP contribution < -0.4 is 10.1 Å². The van der Waals surface area contributed by atoms with Crippen LogP contribution in [0.15, 0.2) is 54.0 Å². The Bertz CT molecular complexity index is 1450. The van der Waals surface area contributed by atoms with Crippen LogP contribution in [-0.4, -0.2) is 31.9 Å². The zero-order valence-corrected chi connectivity index (χ0v) is 21.2. The Labute approximate surface area is 212 Å². The standard InChI is InChI=1S/C27H25N5O3S/c1-5-21(33)17-9-7-16(8-10-17)20-13-12-19-22(27(3,4)25(34)31-26-32-28-14-36-26)18-11-6-15(2)29-23(18)35-24(19)30-20/h6-14,22H,5H2,1-4H3,(H,31,32,34)/t22-/m0/s1. The van der Waals surface area contributed by atoms with Crippen LogP contribution in [0.3, 0.4) is 0 Å². The summed E-state index contributed by atoms with van der Waals surface area (Å²) in [5, 5.41) is 11.1. The number of carbonyl (C=O) groups excluding carboxylic acids is 2. The molecule has 5 rings (SSSR count). The molecule has 1 N–H and O–H groups in total. The van der Waals surface area contributed by atoms with E-state index in [1.807, 2.05) is 76.2 Å². The summed E-state index contributed by atoms with van der Waals surface area (Å²) in [7, 11) is 0. The molecule has 0 fully saturated rings. The third-order valence-electron chi connectivity index (χ3n) is 6.45. The van der Waals surface area contributed by atoms with Crippen LogP contribution in [-0.2, 0) is 4.79 Å². The number of carbonyl (C=O) groups is 2. The van der Waals surface area contributed by atoms with E-state index >= 15 is 0 Å². The predicted molar refractivity (Wildman–Crippen MR) is 138 cm³/mol. The van der Waals surface area contributed by atoms with Crippen LogP contribution in [0.2, 0.25) is 0 Å². The van der Waals surface area contributed by atoms with Gasteiger partial charge >= 0.3 is 0 Å². The topological polar surface area (TPSA) is 107 Å². The van der Waals surface area contributed by atoms with Crippen LogP contribution >= 0.6 is 11.3 Å². The summed E-state index contributed by atoms with van der Waals surface area (Å²) < 4.78 is 6.18. The number of nitrogens with zero attached hydrogens (tertiary/aromatic N) is 4. The molecule has 1 aromatic carbocycles. The van der Waals surface area contributed by atoms with Crippen LogP contribution in [0.4, 0.5) is 5.13 Å². The lowest BCUT2D eigenvalue weighted by atomic mass is 9.70. The number of hydrogen-bond acceptors (Lipinski definition) is 8. The Kier molecular flexibility index (Phi) is 6.09. The van der Waals surface area contributed by atoms with Gasteiger partial charge in [-0.3, -0.25) is 9.59 Å². The van der Waals surface area contributed by atoms with Gasteiger partial charge in [-0.25, -0.2) is 9.97 Å².